The Bertz CT molecular complexity index is 1060. The number of ether oxygens (including phenoxy) is 2. The molecule has 0 atom stereocenters. The van der Waals surface area contributed by atoms with E-state index >= 15 is 0 Å². The second kappa shape index (κ2) is 11.3. The van der Waals surface area contributed by atoms with Crippen molar-refractivity contribution in [3.63, 3.8) is 0 Å². The van der Waals surface area contributed by atoms with Gasteiger partial charge < -0.3 is 19.7 Å². The number of carbonyl (C=O) groups excluding carboxylic acids is 2. The molecule has 8 heteroatoms. The van der Waals surface area contributed by atoms with Crippen LogP contribution in [0.5, 0.6) is 11.5 Å². The first-order valence-corrected chi connectivity index (χ1v) is 11.0. The van der Waals surface area contributed by atoms with Gasteiger partial charge >= 0.3 is 0 Å². The summed E-state index contributed by atoms with van der Waals surface area (Å²) in [5, 5.41) is 4.48. The Balaban J connectivity index is 1.59. The molecule has 6 nitrogen and oxygen atoms in total. The van der Waals surface area contributed by atoms with Crippen molar-refractivity contribution in [2.24, 2.45) is 0 Å². The lowest BCUT2D eigenvalue weighted by Crippen LogP contribution is -2.40. The first-order valence-electron chi connectivity index (χ1n) is 10.1. The molecule has 0 unspecified atom stereocenters. The van der Waals surface area contributed by atoms with Gasteiger partial charge in [-0.3, -0.25) is 9.59 Å². The lowest BCUT2D eigenvalue weighted by atomic mass is 10.1. The molecule has 2 aromatic carbocycles. The summed E-state index contributed by atoms with van der Waals surface area (Å²) in [4.78, 5) is 27.5. The summed E-state index contributed by atoms with van der Waals surface area (Å²) < 4.78 is 25.0. The van der Waals surface area contributed by atoms with Gasteiger partial charge in [-0.2, -0.15) is 0 Å². The van der Waals surface area contributed by atoms with Gasteiger partial charge in [0.2, 0.25) is 5.91 Å². The van der Waals surface area contributed by atoms with E-state index in [1.54, 1.807) is 29.4 Å². The quantitative estimate of drug-likeness (QED) is 0.495. The number of likely N-dealkylation sites (N-methyl/N-ethyl adjacent to an activating group) is 1. The van der Waals surface area contributed by atoms with Gasteiger partial charge in [0.25, 0.3) is 5.91 Å². The Labute approximate surface area is 190 Å². The van der Waals surface area contributed by atoms with Crippen LogP contribution in [-0.2, 0) is 17.9 Å². The molecule has 1 N–H and O–H groups in total. The van der Waals surface area contributed by atoms with Crippen molar-refractivity contribution < 1.29 is 23.5 Å². The summed E-state index contributed by atoms with van der Waals surface area (Å²) in [6.45, 7) is 2.88. The second-order valence-corrected chi connectivity index (χ2v) is 7.96. The summed E-state index contributed by atoms with van der Waals surface area (Å²) in [5.41, 5.74) is 0.771. The predicted octanol–water partition coefficient (Wildman–Crippen LogP) is 4.25. The number of thiophene rings is 1. The molecule has 3 aromatic rings. The zero-order chi connectivity index (χ0) is 22.9. The van der Waals surface area contributed by atoms with Crippen molar-refractivity contribution in [1.82, 2.24) is 10.2 Å². The Hall–Kier alpha value is -3.39. The summed E-state index contributed by atoms with van der Waals surface area (Å²) in [6.07, 6.45) is 0. The lowest BCUT2D eigenvalue weighted by Gasteiger charge is -2.22. The molecular formula is C24H25FN2O4S. The number of hydrogen-bond acceptors (Lipinski definition) is 5. The maximum Gasteiger partial charge on any atom is 0.254 e. The van der Waals surface area contributed by atoms with E-state index in [2.05, 4.69) is 5.32 Å². The lowest BCUT2D eigenvalue weighted by molar-refractivity contribution is -0.130. The maximum atomic E-state index is 13.7. The zero-order valence-electron chi connectivity index (χ0n) is 18.0. The molecule has 3 rings (SSSR count). The van der Waals surface area contributed by atoms with Crippen molar-refractivity contribution in [3.05, 3.63) is 81.8 Å². The first kappa shape index (κ1) is 23.3. The van der Waals surface area contributed by atoms with E-state index in [1.807, 2.05) is 42.6 Å². The van der Waals surface area contributed by atoms with Crippen LogP contribution in [0.2, 0.25) is 0 Å². The Kier molecular flexibility index (Phi) is 8.21. The monoisotopic (exact) mass is 456 g/mol. The van der Waals surface area contributed by atoms with Crippen molar-refractivity contribution in [1.29, 1.82) is 0 Å². The van der Waals surface area contributed by atoms with Gasteiger partial charge in [0.1, 0.15) is 12.4 Å². The molecule has 168 valence electrons. The number of methoxy groups -OCH3 is 1. The Morgan fingerprint density at radius 2 is 1.91 bits per heavy atom. The highest BCUT2D eigenvalue weighted by atomic mass is 32.1. The van der Waals surface area contributed by atoms with E-state index in [9.17, 15) is 14.0 Å². The standard InChI is InChI=1S/C24H25FN2O4S/c1-3-27(23(28)14-26-24(29)19-8-4-5-9-20(19)25)15-17-10-11-21(22(13-17)30-2)31-16-18-7-6-12-32-18/h4-13H,3,14-16H2,1-2H3,(H,26,29). The molecule has 0 spiro atoms. The molecule has 0 saturated carbocycles. The number of carbonyl (C=O) groups is 2. The molecule has 0 aliphatic carbocycles. The summed E-state index contributed by atoms with van der Waals surface area (Å²) in [6, 6.07) is 15.2. The zero-order valence-corrected chi connectivity index (χ0v) is 18.8. The van der Waals surface area contributed by atoms with Crippen LogP contribution < -0.4 is 14.8 Å². The number of rotatable bonds is 10. The van der Waals surface area contributed by atoms with Gasteiger partial charge in [-0.25, -0.2) is 4.39 Å². The highest BCUT2D eigenvalue weighted by molar-refractivity contribution is 7.09. The molecule has 32 heavy (non-hydrogen) atoms. The van der Waals surface area contributed by atoms with Crippen molar-refractivity contribution in [3.8, 4) is 11.5 Å². The number of nitrogens with zero attached hydrogens (tertiary/aromatic N) is 1. The average Bonchev–Trinajstić information content (AvgIpc) is 3.33. The highest BCUT2D eigenvalue weighted by Crippen LogP contribution is 2.29. The van der Waals surface area contributed by atoms with E-state index in [0.717, 1.165) is 10.4 Å². The van der Waals surface area contributed by atoms with Gasteiger partial charge in [-0.1, -0.05) is 24.3 Å². The van der Waals surface area contributed by atoms with E-state index in [4.69, 9.17) is 9.47 Å². The number of benzene rings is 2. The summed E-state index contributed by atoms with van der Waals surface area (Å²) >= 11 is 1.62. The third kappa shape index (κ3) is 6.07. The number of halogens is 1. The van der Waals surface area contributed by atoms with Crippen molar-refractivity contribution in [2.45, 2.75) is 20.1 Å². The van der Waals surface area contributed by atoms with Gasteiger partial charge in [-0.15, -0.1) is 11.3 Å². The van der Waals surface area contributed by atoms with E-state index in [-0.39, 0.29) is 18.0 Å². The molecule has 1 heterocycles. The fourth-order valence-corrected chi connectivity index (χ4v) is 3.69. The van der Waals surface area contributed by atoms with Crippen LogP contribution >= 0.6 is 11.3 Å². The highest BCUT2D eigenvalue weighted by Gasteiger charge is 2.17. The molecule has 1 aromatic heterocycles. The minimum atomic E-state index is -0.627. The average molecular weight is 457 g/mol. The smallest absolute Gasteiger partial charge is 0.254 e. The van der Waals surface area contributed by atoms with Crippen molar-refractivity contribution in [2.75, 3.05) is 20.2 Å². The fraction of sp³-hybridized carbons (Fsp3) is 0.250. The molecule has 0 saturated heterocycles. The molecule has 0 aliphatic rings. The van der Waals surface area contributed by atoms with Crippen molar-refractivity contribution >= 4 is 23.2 Å². The normalized spacial score (nSPS) is 10.5. The molecule has 0 radical (unpaired) electrons. The van der Waals surface area contributed by atoms with Gasteiger partial charge in [0.15, 0.2) is 11.5 Å². The SMILES string of the molecule is CCN(Cc1ccc(OCc2cccs2)c(OC)c1)C(=O)CNC(=O)c1ccccc1F. The van der Waals surface area contributed by atoms with Crippen LogP contribution in [-0.4, -0.2) is 36.9 Å². The van der Waals surface area contributed by atoms with Crippen LogP contribution in [0, 0.1) is 5.82 Å². The van der Waals surface area contributed by atoms with Crippen LogP contribution in [0.1, 0.15) is 27.7 Å². The minimum absolute atomic E-state index is 0.0915. The number of amides is 2. The summed E-state index contributed by atoms with van der Waals surface area (Å²) in [7, 11) is 1.57. The van der Waals surface area contributed by atoms with E-state index in [1.165, 1.54) is 18.2 Å². The van der Waals surface area contributed by atoms with Crippen LogP contribution in [0.3, 0.4) is 0 Å². The molecule has 2 amide bonds. The third-order valence-electron chi connectivity index (χ3n) is 4.80. The largest absolute Gasteiger partial charge is 0.493 e. The maximum absolute atomic E-state index is 13.7. The van der Waals surface area contributed by atoms with E-state index in [0.29, 0.717) is 31.2 Å². The number of nitrogens with one attached hydrogen (secondary N) is 1. The Morgan fingerprint density at radius 3 is 2.59 bits per heavy atom. The molecule has 0 fully saturated rings. The Morgan fingerprint density at radius 1 is 1.09 bits per heavy atom. The van der Waals surface area contributed by atoms with Gasteiger partial charge in [0.05, 0.1) is 19.2 Å². The fourth-order valence-electron chi connectivity index (χ4n) is 3.08. The van der Waals surface area contributed by atoms with Gasteiger partial charge in [-0.05, 0) is 48.2 Å². The minimum Gasteiger partial charge on any atom is -0.493 e. The van der Waals surface area contributed by atoms with Crippen LogP contribution in [0.15, 0.2) is 60.0 Å². The molecule has 0 bridgehead atoms. The number of hydrogen-bond donors (Lipinski definition) is 1. The predicted molar refractivity (Wildman–Crippen MR) is 121 cm³/mol. The first-order chi connectivity index (χ1) is 15.5. The van der Waals surface area contributed by atoms with Crippen LogP contribution in [0.25, 0.3) is 0 Å². The molecular weight excluding hydrogens is 431 g/mol. The second-order valence-electron chi connectivity index (χ2n) is 6.92. The summed E-state index contributed by atoms with van der Waals surface area (Å²) in [5.74, 6) is -0.319. The third-order valence-corrected chi connectivity index (χ3v) is 5.65. The topological polar surface area (TPSA) is 67.9 Å². The van der Waals surface area contributed by atoms with Crippen LogP contribution in [0.4, 0.5) is 4.39 Å². The molecule has 0 aliphatic heterocycles. The van der Waals surface area contributed by atoms with Gasteiger partial charge in [0, 0.05) is 18.0 Å². The van der Waals surface area contributed by atoms with E-state index < -0.39 is 11.7 Å².